The first kappa shape index (κ1) is 10.7. The van der Waals surface area contributed by atoms with Gasteiger partial charge in [0.05, 0.1) is 6.61 Å². The summed E-state index contributed by atoms with van der Waals surface area (Å²) in [6.45, 7) is -1.33. The smallest absolute Gasteiger partial charge is 0.330 e. The van der Waals surface area contributed by atoms with Crippen molar-refractivity contribution in [1.29, 1.82) is 0 Å². The fraction of sp³-hybridized carbons (Fsp3) is 1.00. The third-order valence-electron chi connectivity index (χ3n) is 1.90. The van der Waals surface area contributed by atoms with Crippen LogP contribution in [0.25, 0.3) is 0 Å². The molecule has 1 fully saturated rings. The molecule has 0 aromatic carbocycles. The van der Waals surface area contributed by atoms with E-state index in [9.17, 15) is 17.6 Å². The predicted octanol–water partition coefficient (Wildman–Crippen LogP) is 1.39. The number of halogens is 4. The molecule has 0 unspecified atom stereocenters. The van der Waals surface area contributed by atoms with Crippen LogP contribution in [0.1, 0.15) is 12.8 Å². The van der Waals surface area contributed by atoms with Gasteiger partial charge in [0.15, 0.2) is 0 Å². The van der Waals surface area contributed by atoms with E-state index in [4.69, 9.17) is 5.73 Å². The SMILES string of the molecule is NC1(COCC(F)(F)C(F)F)CC1. The summed E-state index contributed by atoms with van der Waals surface area (Å²) in [6.07, 6.45) is -2.28. The summed E-state index contributed by atoms with van der Waals surface area (Å²) in [4.78, 5) is 0. The Bertz CT molecular complexity index is 181. The van der Waals surface area contributed by atoms with Crippen molar-refractivity contribution in [3.8, 4) is 0 Å². The topological polar surface area (TPSA) is 35.2 Å². The maximum Gasteiger partial charge on any atom is 0.330 e. The zero-order chi connectivity index (χ0) is 10.1. The van der Waals surface area contributed by atoms with Crippen molar-refractivity contribution in [2.45, 2.75) is 30.7 Å². The molecule has 2 N–H and O–H groups in total. The van der Waals surface area contributed by atoms with Crippen LogP contribution in [0.4, 0.5) is 17.6 Å². The molecule has 0 aromatic heterocycles. The van der Waals surface area contributed by atoms with Crippen LogP contribution >= 0.6 is 0 Å². The second-order valence-corrected chi connectivity index (χ2v) is 3.42. The zero-order valence-corrected chi connectivity index (χ0v) is 6.90. The van der Waals surface area contributed by atoms with Gasteiger partial charge < -0.3 is 10.5 Å². The lowest BCUT2D eigenvalue weighted by Gasteiger charge is -2.16. The van der Waals surface area contributed by atoms with Crippen LogP contribution in [-0.2, 0) is 4.74 Å². The highest BCUT2D eigenvalue weighted by atomic mass is 19.3. The Kier molecular flexibility index (Phi) is 2.82. The van der Waals surface area contributed by atoms with Gasteiger partial charge in [-0.3, -0.25) is 0 Å². The van der Waals surface area contributed by atoms with Gasteiger partial charge in [-0.15, -0.1) is 0 Å². The Morgan fingerprint density at radius 2 is 1.92 bits per heavy atom. The zero-order valence-electron chi connectivity index (χ0n) is 6.90. The molecule has 1 aliphatic rings. The maximum atomic E-state index is 12.2. The molecule has 78 valence electrons. The van der Waals surface area contributed by atoms with E-state index in [-0.39, 0.29) is 6.61 Å². The first-order valence-corrected chi connectivity index (χ1v) is 3.88. The lowest BCUT2D eigenvalue weighted by atomic mass is 10.3. The van der Waals surface area contributed by atoms with Gasteiger partial charge in [0.25, 0.3) is 0 Å². The molecule has 0 heterocycles. The van der Waals surface area contributed by atoms with E-state index >= 15 is 0 Å². The monoisotopic (exact) mass is 201 g/mol. The van der Waals surface area contributed by atoms with E-state index in [1.807, 2.05) is 0 Å². The summed E-state index contributed by atoms with van der Waals surface area (Å²) in [7, 11) is 0. The molecule has 0 aromatic rings. The van der Waals surface area contributed by atoms with E-state index < -0.39 is 24.5 Å². The van der Waals surface area contributed by atoms with E-state index in [1.165, 1.54) is 0 Å². The number of hydrogen-bond donors (Lipinski definition) is 1. The van der Waals surface area contributed by atoms with Crippen LogP contribution in [0, 0.1) is 0 Å². The van der Waals surface area contributed by atoms with Crippen molar-refractivity contribution >= 4 is 0 Å². The summed E-state index contributed by atoms with van der Waals surface area (Å²) in [5, 5.41) is 0. The van der Waals surface area contributed by atoms with Crippen LogP contribution in [0.5, 0.6) is 0 Å². The molecule has 0 bridgehead atoms. The van der Waals surface area contributed by atoms with Crippen molar-refractivity contribution < 1.29 is 22.3 Å². The molecule has 0 aliphatic heterocycles. The predicted molar refractivity (Wildman–Crippen MR) is 37.9 cm³/mol. The lowest BCUT2D eigenvalue weighted by Crippen LogP contribution is -2.36. The minimum atomic E-state index is -4.06. The second kappa shape index (κ2) is 3.42. The Morgan fingerprint density at radius 1 is 1.38 bits per heavy atom. The highest BCUT2D eigenvalue weighted by Crippen LogP contribution is 2.33. The van der Waals surface area contributed by atoms with Crippen LogP contribution in [0.15, 0.2) is 0 Å². The Hall–Kier alpha value is -0.360. The van der Waals surface area contributed by atoms with Gasteiger partial charge in [-0.2, -0.15) is 8.78 Å². The molecule has 0 amide bonds. The molecule has 1 saturated carbocycles. The first-order chi connectivity index (χ1) is 5.86. The summed E-state index contributed by atoms with van der Waals surface area (Å²) >= 11 is 0. The molecule has 6 heteroatoms. The third kappa shape index (κ3) is 3.11. The summed E-state index contributed by atoms with van der Waals surface area (Å²) in [5.74, 6) is -4.06. The minimum absolute atomic E-state index is 0.0741. The Morgan fingerprint density at radius 3 is 2.31 bits per heavy atom. The van der Waals surface area contributed by atoms with Gasteiger partial charge in [0, 0.05) is 5.54 Å². The number of nitrogens with two attached hydrogens (primary N) is 1. The Labute approximate surface area is 73.0 Å². The molecule has 1 aliphatic carbocycles. The average Bonchev–Trinajstić information content (AvgIpc) is 2.67. The summed E-state index contributed by atoms with van der Waals surface area (Å²) in [6, 6.07) is 0. The lowest BCUT2D eigenvalue weighted by molar-refractivity contribution is -0.167. The molecule has 0 saturated heterocycles. The van der Waals surface area contributed by atoms with Crippen LogP contribution in [0.2, 0.25) is 0 Å². The van der Waals surface area contributed by atoms with Crippen molar-refractivity contribution in [1.82, 2.24) is 0 Å². The van der Waals surface area contributed by atoms with E-state index in [0.717, 1.165) is 0 Å². The minimum Gasteiger partial charge on any atom is -0.373 e. The Balaban J connectivity index is 2.17. The highest BCUT2D eigenvalue weighted by molar-refractivity contribution is 4.98. The second-order valence-electron chi connectivity index (χ2n) is 3.42. The number of alkyl halides is 4. The average molecular weight is 201 g/mol. The van der Waals surface area contributed by atoms with Gasteiger partial charge in [-0.05, 0) is 12.8 Å². The van der Waals surface area contributed by atoms with Crippen molar-refractivity contribution in [3.63, 3.8) is 0 Å². The number of hydrogen-bond acceptors (Lipinski definition) is 2. The molecular weight excluding hydrogens is 190 g/mol. The fourth-order valence-corrected chi connectivity index (χ4v) is 0.758. The van der Waals surface area contributed by atoms with Gasteiger partial charge in [-0.1, -0.05) is 0 Å². The largest absolute Gasteiger partial charge is 0.373 e. The quantitative estimate of drug-likeness (QED) is 0.682. The molecule has 13 heavy (non-hydrogen) atoms. The normalized spacial score (nSPS) is 20.8. The standard InChI is InChI=1S/C7H11F4NO/c8-5(9)7(10,11)4-13-3-6(12)1-2-6/h5H,1-4,12H2. The first-order valence-electron chi connectivity index (χ1n) is 3.88. The van der Waals surface area contributed by atoms with Crippen LogP contribution in [0.3, 0.4) is 0 Å². The molecule has 1 rings (SSSR count). The van der Waals surface area contributed by atoms with Gasteiger partial charge >= 0.3 is 12.3 Å². The van der Waals surface area contributed by atoms with Gasteiger partial charge in [0.1, 0.15) is 6.61 Å². The summed E-state index contributed by atoms with van der Waals surface area (Å²) in [5.41, 5.74) is 4.95. The van der Waals surface area contributed by atoms with Crippen LogP contribution in [-0.4, -0.2) is 31.1 Å². The molecule has 2 nitrogen and oxygen atoms in total. The van der Waals surface area contributed by atoms with Crippen molar-refractivity contribution in [2.24, 2.45) is 5.73 Å². The van der Waals surface area contributed by atoms with E-state index in [1.54, 1.807) is 0 Å². The van der Waals surface area contributed by atoms with E-state index in [0.29, 0.717) is 12.8 Å². The molecule has 0 spiro atoms. The van der Waals surface area contributed by atoms with Crippen molar-refractivity contribution in [2.75, 3.05) is 13.2 Å². The number of ether oxygens (including phenoxy) is 1. The van der Waals surface area contributed by atoms with Crippen LogP contribution < -0.4 is 5.73 Å². The third-order valence-corrected chi connectivity index (χ3v) is 1.90. The van der Waals surface area contributed by atoms with Gasteiger partial charge in [0.2, 0.25) is 0 Å². The molecular formula is C7H11F4NO. The van der Waals surface area contributed by atoms with E-state index in [2.05, 4.69) is 4.74 Å². The van der Waals surface area contributed by atoms with Gasteiger partial charge in [-0.25, -0.2) is 8.78 Å². The number of rotatable bonds is 5. The fourth-order valence-electron chi connectivity index (χ4n) is 0.758. The van der Waals surface area contributed by atoms with Crippen molar-refractivity contribution in [3.05, 3.63) is 0 Å². The highest BCUT2D eigenvalue weighted by Gasteiger charge is 2.43. The molecule has 0 radical (unpaired) electrons. The maximum absolute atomic E-state index is 12.2. The molecule has 0 atom stereocenters. The summed E-state index contributed by atoms with van der Waals surface area (Å²) < 4.78 is 52.1.